The lowest BCUT2D eigenvalue weighted by Gasteiger charge is -2.53. The first-order valence-corrected chi connectivity index (χ1v) is 13.8. The smallest absolute Gasteiger partial charge is 0.315 e. The van der Waals surface area contributed by atoms with Crippen molar-refractivity contribution in [2.24, 2.45) is 5.41 Å². The summed E-state index contributed by atoms with van der Waals surface area (Å²) in [5.41, 5.74) is 3.23. The fraction of sp³-hybridized carbons (Fsp3) is 0.517. The molecule has 7 rings (SSSR count). The van der Waals surface area contributed by atoms with Crippen LogP contribution in [0.25, 0.3) is 11.5 Å². The number of fused-ring (bicyclic) bond motifs is 3. The van der Waals surface area contributed by atoms with Crippen LogP contribution in [0.15, 0.2) is 50.9 Å². The summed E-state index contributed by atoms with van der Waals surface area (Å²) < 4.78 is 50.3. The average molecular weight is 554 g/mol. The number of hydrogen-bond donors (Lipinski definition) is 0. The highest BCUT2D eigenvalue weighted by atomic mass is 19.3. The monoisotopic (exact) mass is 553 g/mol. The number of benzene rings is 1. The van der Waals surface area contributed by atoms with Crippen molar-refractivity contribution in [3.63, 3.8) is 0 Å². The summed E-state index contributed by atoms with van der Waals surface area (Å²) in [6.07, 6.45) is 5.06. The van der Waals surface area contributed by atoms with E-state index in [0.29, 0.717) is 60.5 Å². The molecule has 8 nitrogen and oxygen atoms in total. The Balaban J connectivity index is 1.26. The highest BCUT2D eigenvalue weighted by Gasteiger charge is 2.52. The van der Waals surface area contributed by atoms with E-state index in [0.717, 1.165) is 38.2 Å². The third-order valence-electron chi connectivity index (χ3n) is 8.72. The zero-order chi connectivity index (χ0) is 27.9. The minimum Gasteiger partial charge on any atom is -0.334 e. The third-order valence-corrected chi connectivity index (χ3v) is 8.72. The highest BCUT2D eigenvalue weighted by molar-refractivity contribution is 6.01. The molecule has 2 heterocycles. The normalized spacial score (nSPS) is 23.7. The maximum Gasteiger partial charge on any atom is 0.315 e. The summed E-state index contributed by atoms with van der Waals surface area (Å²) in [5, 5.41) is 7.99. The Bertz CT molecular complexity index is 1450. The van der Waals surface area contributed by atoms with E-state index >= 15 is 0 Å². The van der Waals surface area contributed by atoms with Gasteiger partial charge in [-0.15, -0.1) is 0 Å². The Kier molecular flexibility index (Phi) is 6.86. The molecule has 1 aromatic carbocycles. The van der Waals surface area contributed by atoms with Gasteiger partial charge >= 0.3 is 6.43 Å². The number of hydrogen-bond acceptors (Lipinski definition) is 7. The molecule has 210 valence electrons. The summed E-state index contributed by atoms with van der Waals surface area (Å²) in [6, 6.07) is 7.37. The zero-order valence-electron chi connectivity index (χ0n) is 22.2. The maximum atomic E-state index is 13.9. The van der Waals surface area contributed by atoms with Crippen LogP contribution in [0.5, 0.6) is 0 Å². The first kappa shape index (κ1) is 26.5. The molecular weight excluding hydrogens is 523 g/mol. The van der Waals surface area contributed by atoms with Crippen molar-refractivity contribution in [1.29, 1.82) is 0 Å². The number of rotatable bonds is 9. The number of carbonyl (C=O) groups is 1. The number of nitrogens with zero attached hydrogens (tertiary/aromatic N) is 5. The molecule has 0 unspecified atom stereocenters. The van der Waals surface area contributed by atoms with Gasteiger partial charge in [-0.1, -0.05) is 29.0 Å². The van der Waals surface area contributed by atoms with Crippen molar-refractivity contribution in [3.05, 3.63) is 59.4 Å². The molecule has 40 heavy (non-hydrogen) atoms. The van der Waals surface area contributed by atoms with E-state index in [9.17, 15) is 18.0 Å². The van der Waals surface area contributed by atoms with Gasteiger partial charge in [0.05, 0.1) is 0 Å². The van der Waals surface area contributed by atoms with Crippen LogP contribution in [-0.4, -0.2) is 32.7 Å². The van der Waals surface area contributed by atoms with Crippen molar-refractivity contribution >= 4 is 11.6 Å². The molecule has 2 bridgehead atoms. The number of alkyl halides is 2. The Morgan fingerprint density at radius 2 is 1.88 bits per heavy atom. The van der Waals surface area contributed by atoms with Gasteiger partial charge in [0.1, 0.15) is 5.83 Å². The van der Waals surface area contributed by atoms with E-state index in [4.69, 9.17) is 9.05 Å². The van der Waals surface area contributed by atoms with Gasteiger partial charge in [-0.25, -0.2) is 4.39 Å². The zero-order valence-corrected chi connectivity index (χ0v) is 22.2. The van der Waals surface area contributed by atoms with Gasteiger partial charge in [0.2, 0.25) is 0 Å². The van der Waals surface area contributed by atoms with E-state index in [-0.39, 0.29) is 17.7 Å². The van der Waals surface area contributed by atoms with Gasteiger partial charge in [-0.3, -0.25) is 4.79 Å². The second-order valence-corrected chi connectivity index (χ2v) is 11.3. The molecule has 2 aromatic heterocycles. The minimum absolute atomic E-state index is 0.148. The lowest BCUT2D eigenvalue weighted by Crippen LogP contribution is -2.50. The van der Waals surface area contributed by atoms with Gasteiger partial charge in [-0.2, -0.15) is 18.7 Å². The molecule has 0 N–H and O–H groups in total. The molecule has 4 aliphatic rings. The third kappa shape index (κ3) is 5.10. The van der Waals surface area contributed by atoms with Crippen LogP contribution < -0.4 is 4.90 Å². The topological polar surface area (TPSA) is 98.2 Å². The van der Waals surface area contributed by atoms with E-state index in [1.54, 1.807) is 11.8 Å². The molecule has 11 heteroatoms. The molecule has 4 saturated carbocycles. The Labute approximate surface area is 229 Å². The lowest BCUT2D eigenvalue weighted by molar-refractivity contribution is -0.114. The quantitative estimate of drug-likeness (QED) is 0.208. The number of aromatic nitrogens is 4. The standard InChI is InChI=1S/C29H30F3N5O3/c1-2-20(30)8-9-22(38)37(21-5-3-4-19(16-21)25-33-24(35-39-25)18-6-7-18)17-28-10-13-29(14-11-28,15-12-28)27-34-26(23(31)32)40-36-27/h3-5,9,16,18,23H,2,6-7,10-15,17H2,1H3. The fourth-order valence-electron chi connectivity index (χ4n) is 5.99. The van der Waals surface area contributed by atoms with Gasteiger partial charge in [0, 0.05) is 41.6 Å². The van der Waals surface area contributed by atoms with Crippen molar-refractivity contribution in [1.82, 2.24) is 20.3 Å². The van der Waals surface area contributed by atoms with Gasteiger partial charge in [0.25, 0.3) is 17.7 Å². The SMILES string of the molecule is CCC(F)=C=CC(=O)N(CC12CCC(c3noc(C(F)F)n3)(CC1)CC2)c1cccc(-c2nc(C3CC3)no2)c1. The van der Waals surface area contributed by atoms with E-state index < -0.39 is 23.6 Å². The van der Waals surface area contributed by atoms with E-state index in [1.807, 2.05) is 24.3 Å². The molecule has 4 aliphatic carbocycles. The van der Waals surface area contributed by atoms with Crippen molar-refractivity contribution in [2.75, 3.05) is 11.4 Å². The predicted octanol–water partition coefficient (Wildman–Crippen LogP) is 6.98. The second kappa shape index (κ2) is 10.4. The number of halogens is 3. The molecule has 0 saturated heterocycles. The molecule has 0 aliphatic heterocycles. The summed E-state index contributed by atoms with van der Waals surface area (Å²) in [5.74, 6) is 0.277. The molecule has 3 aromatic rings. The summed E-state index contributed by atoms with van der Waals surface area (Å²) >= 11 is 0. The molecule has 0 radical (unpaired) electrons. The van der Waals surface area contributed by atoms with Crippen LogP contribution in [0.4, 0.5) is 18.9 Å². The highest BCUT2D eigenvalue weighted by Crippen LogP contribution is 2.57. The Morgan fingerprint density at radius 3 is 2.52 bits per heavy atom. The Hall–Kier alpha value is -3.72. The van der Waals surface area contributed by atoms with Crippen LogP contribution in [-0.2, 0) is 10.2 Å². The van der Waals surface area contributed by atoms with Gasteiger partial charge in [0.15, 0.2) is 11.6 Å². The molecule has 0 spiro atoms. The van der Waals surface area contributed by atoms with Gasteiger partial charge in [-0.05, 0) is 75.0 Å². The minimum atomic E-state index is -2.80. The van der Waals surface area contributed by atoms with Gasteiger partial charge < -0.3 is 13.9 Å². The van der Waals surface area contributed by atoms with E-state index in [2.05, 4.69) is 26.0 Å². The van der Waals surface area contributed by atoms with Crippen LogP contribution in [0.1, 0.15) is 94.6 Å². The molecule has 1 amide bonds. The first-order valence-electron chi connectivity index (χ1n) is 13.8. The number of amides is 1. The van der Waals surface area contributed by atoms with Crippen LogP contribution >= 0.6 is 0 Å². The fourth-order valence-corrected chi connectivity index (χ4v) is 5.99. The first-order chi connectivity index (χ1) is 19.3. The molecule has 0 atom stereocenters. The summed E-state index contributed by atoms with van der Waals surface area (Å²) in [6.45, 7) is 2.08. The van der Waals surface area contributed by atoms with E-state index in [1.165, 1.54) is 0 Å². The Morgan fingerprint density at radius 1 is 1.12 bits per heavy atom. The average Bonchev–Trinajstić information content (AvgIpc) is 3.48. The van der Waals surface area contributed by atoms with Crippen molar-refractivity contribution < 1.29 is 27.0 Å². The van der Waals surface area contributed by atoms with Crippen molar-refractivity contribution in [2.45, 2.75) is 82.5 Å². The molecular formula is C29H30F3N5O3. The second-order valence-electron chi connectivity index (χ2n) is 11.3. The largest absolute Gasteiger partial charge is 0.334 e. The predicted molar refractivity (Wildman–Crippen MR) is 138 cm³/mol. The van der Waals surface area contributed by atoms with Crippen LogP contribution in [0, 0.1) is 5.41 Å². The molecule has 4 fully saturated rings. The summed E-state index contributed by atoms with van der Waals surface area (Å²) in [7, 11) is 0. The maximum absolute atomic E-state index is 13.9. The van der Waals surface area contributed by atoms with Crippen LogP contribution in [0.3, 0.4) is 0 Å². The number of carbonyl (C=O) groups excluding carboxylic acids is 1. The van der Waals surface area contributed by atoms with Crippen molar-refractivity contribution in [3.8, 4) is 11.5 Å². The number of anilines is 1. The lowest BCUT2D eigenvalue weighted by atomic mass is 9.53. The van der Waals surface area contributed by atoms with Crippen LogP contribution in [0.2, 0.25) is 0 Å². The summed E-state index contributed by atoms with van der Waals surface area (Å²) in [4.78, 5) is 23.7.